The number of hydrogen-bond donors (Lipinski definition) is 2. The van der Waals surface area contributed by atoms with Crippen LogP contribution in [0.5, 0.6) is 0 Å². The van der Waals surface area contributed by atoms with E-state index >= 15 is 0 Å². The average molecular weight is 197 g/mol. The van der Waals surface area contributed by atoms with E-state index in [9.17, 15) is 9.59 Å². The van der Waals surface area contributed by atoms with Crippen LogP contribution in [0.4, 0.5) is 0 Å². The minimum Gasteiger partial charge on any atom is -0.347 e. The van der Waals surface area contributed by atoms with E-state index < -0.39 is 0 Å². The molecular formula is C9H15N3O2. The molecule has 1 unspecified atom stereocenters. The van der Waals surface area contributed by atoms with E-state index in [-0.39, 0.29) is 24.4 Å². The van der Waals surface area contributed by atoms with Crippen molar-refractivity contribution in [2.45, 2.75) is 25.8 Å². The lowest BCUT2D eigenvalue weighted by atomic mass is 10.2. The largest absolute Gasteiger partial charge is 0.347 e. The molecule has 1 atom stereocenters. The topological polar surface area (TPSA) is 73.3 Å². The molecule has 2 N–H and O–H groups in total. The Morgan fingerprint density at radius 1 is 1.64 bits per heavy atom. The van der Waals surface area contributed by atoms with Gasteiger partial charge in [0.25, 0.3) is 0 Å². The van der Waals surface area contributed by atoms with Crippen LogP contribution in [0.3, 0.4) is 0 Å². The summed E-state index contributed by atoms with van der Waals surface area (Å²) in [6.07, 6.45) is 3.08. The zero-order chi connectivity index (χ0) is 10.6. The maximum absolute atomic E-state index is 11.5. The number of carbonyl (C=O) groups is 2. The third kappa shape index (κ3) is 2.55. The van der Waals surface area contributed by atoms with Gasteiger partial charge in [0.15, 0.2) is 0 Å². The molecule has 0 bridgehead atoms. The molecule has 5 heteroatoms. The van der Waals surface area contributed by atoms with E-state index in [2.05, 4.69) is 5.32 Å². The predicted octanol–water partition coefficient (Wildman–Crippen LogP) is -0.237. The highest BCUT2D eigenvalue weighted by atomic mass is 16.2. The SMILES string of the molecule is CC(=O)NCC(=O)N1CCCC1C=N. The first-order chi connectivity index (χ1) is 6.65. The highest BCUT2D eigenvalue weighted by Gasteiger charge is 2.26. The second-order valence-electron chi connectivity index (χ2n) is 3.37. The third-order valence-corrected chi connectivity index (χ3v) is 2.30. The van der Waals surface area contributed by atoms with Crippen LogP contribution < -0.4 is 5.32 Å². The van der Waals surface area contributed by atoms with Gasteiger partial charge in [0.2, 0.25) is 11.8 Å². The van der Waals surface area contributed by atoms with Gasteiger partial charge in [-0.25, -0.2) is 0 Å². The Hall–Kier alpha value is -1.39. The van der Waals surface area contributed by atoms with E-state index in [4.69, 9.17) is 5.41 Å². The molecule has 0 radical (unpaired) electrons. The van der Waals surface area contributed by atoms with Gasteiger partial charge in [-0.3, -0.25) is 9.59 Å². The van der Waals surface area contributed by atoms with Crippen LogP contribution in [0.1, 0.15) is 19.8 Å². The Labute approximate surface area is 83.0 Å². The minimum atomic E-state index is -0.205. The lowest BCUT2D eigenvalue weighted by Gasteiger charge is -2.21. The van der Waals surface area contributed by atoms with Crippen LogP contribution in [0.2, 0.25) is 0 Å². The molecule has 0 saturated carbocycles. The van der Waals surface area contributed by atoms with Gasteiger partial charge in [0, 0.05) is 19.7 Å². The number of nitrogens with zero attached hydrogens (tertiary/aromatic N) is 1. The fourth-order valence-corrected chi connectivity index (χ4v) is 1.58. The van der Waals surface area contributed by atoms with Crippen molar-refractivity contribution in [3.8, 4) is 0 Å². The van der Waals surface area contributed by atoms with Crippen molar-refractivity contribution in [2.24, 2.45) is 0 Å². The van der Waals surface area contributed by atoms with E-state index in [0.717, 1.165) is 12.8 Å². The van der Waals surface area contributed by atoms with Crippen molar-refractivity contribution in [3.63, 3.8) is 0 Å². The summed E-state index contributed by atoms with van der Waals surface area (Å²) in [7, 11) is 0. The highest BCUT2D eigenvalue weighted by Crippen LogP contribution is 2.14. The predicted molar refractivity (Wildman–Crippen MR) is 52.2 cm³/mol. The van der Waals surface area contributed by atoms with Crippen molar-refractivity contribution < 1.29 is 9.59 Å². The first-order valence-electron chi connectivity index (χ1n) is 4.69. The summed E-state index contributed by atoms with van der Waals surface area (Å²) in [5, 5.41) is 9.60. The van der Waals surface area contributed by atoms with Crippen LogP contribution in [0.25, 0.3) is 0 Å². The van der Waals surface area contributed by atoms with E-state index in [1.165, 1.54) is 13.1 Å². The van der Waals surface area contributed by atoms with Crippen molar-refractivity contribution in [3.05, 3.63) is 0 Å². The summed E-state index contributed by atoms with van der Waals surface area (Å²) in [5.74, 6) is -0.310. The molecule has 0 spiro atoms. The summed E-state index contributed by atoms with van der Waals surface area (Å²) >= 11 is 0. The van der Waals surface area contributed by atoms with Crippen LogP contribution in [-0.2, 0) is 9.59 Å². The van der Waals surface area contributed by atoms with Crippen molar-refractivity contribution in [1.82, 2.24) is 10.2 Å². The summed E-state index contributed by atoms with van der Waals surface area (Å²) < 4.78 is 0. The molecule has 1 aliphatic heterocycles. The summed E-state index contributed by atoms with van der Waals surface area (Å²) in [6, 6.07) is -0.0729. The van der Waals surface area contributed by atoms with Crippen LogP contribution >= 0.6 is 0 Å². The second kappa shape index (κ2) is 4.74. The molecule has 0 aromatic heterocycles. The monoisotopic (exact) mass is 197 g/mol. The van der Waals surface area contributed by atoms with E-state index in [1.54, 1.807) is 4.90 Å². The number of likely N-dealkylation sites (tertiary alicyclic amines) is 1. The molecule has 1 fully saturated rings. The Morgan fingerprint density at radius 2 is 2.36 bits per heavy atom. The number of hydrogen-bond acceptors (Lipinski definition) is 3. The fourth-order valence-electron chi connectivity index (χ4n) is 1.58. The number of amides is 2. The molecule has 1 heterocycles. The van der Waals surface area contributed by atoms with Gasteiger partial charge in [-0.05, 0) is 12.8 Å². The number of rotatable bonds is 3. The standard InChI is InChI=1S/C9H15N3O2/c1-7(13)11-6-9(14)12-4-2-3-8(12)5-10/h5,8,10H,2-4,6H2,1H3,(H,11,13). The van der Waals surface area contributed by atoms with Gasteiger partial charge in [-0.2, -0.15) is 0 Å². The first kappa shape index (κ1) is 10.7. The number of carbonyl (C=O) groups excluding carboxylic acids is 2. The third-order valence-electron chi connectivity index (χ3n) is 2.30. The number of nitrogens with one attached hydrogen (secondary N) is 2. The minimum absolute atomic E-state index is 0.0413. The van der Waals surface area contributed by atoms with Gasteiger partial charge in [0.1, 0.15) is 0 Å². The zero-order valence-corrected chi connectivity index (χ0v) is 8.25. The molecular weight excluding hydrogens is 182 g/mol. The molecule has 2 amide bonds. The van der Waals surface area contributed by atoms with Gasteiger partial charge < -0.3 is 15.6 Å². The maximum atomic E-state index is 11.5. The normalized spacial score (nSPS) is 20.6. The summed E-state index contributed by atoms with van der Waals surface area (Å²) in [5.41, 5.74) is 0. The van der Waals surface area contributed by atoms with Gasteiger partial charge >= 0.3 is 0 Å². The van der Waals surface area contributed by atoms with Crippen LogP contribution in [-0.4, -0.2) is 42.1 Å². The van der Waals surface area contributed by atoms with Gasteiger partial charge in [-0.1, -0.05) is 0 Å². The zero-order valence-electron chi connectivity index (χ0n) is 8.25. The first-order valence-corrected chi connectivity index (χ1v) is 4.69. The Balaban J connectivity index is 2.43. The lowest BCUT2D eigenvalue weighted by Crippen LogP contribution is -2.42. The lowest BCUT2D eigenvalue weighted by molar-refractivity contribution is -0.132. The Kier molecular flexibility index (Phi) is 3.62. The molecule has 0 aromatic rings. The highest BCUT2D eigenvalue weighted by molar-refractivity contribution is 5.86. The molecule has 5 nitrogen and oxygen atoms in total. The van der Waals surface area contributed by atoms with Crippen LogP contribution in [0.15, 0.2) is 0 Å². The maximum Gasteiger partial charge on any atom is 0.242 e. The van der Waals surface area contributed by atoms with Crippen molar-refractivity contribution >= 4 is 18.0 Å². The van der Waals surface area contributed by atoms with Gasteiger partial charge in [0.05, 0.1) is 12.6 Å². The summed E-state index contributed by atoms with van der Waals surface area (Å²) in [6.45, 7) is 2.11. The second-order valence-corrected chi connectivity index (χ2v) is 3.37. The Morgan fingerprint density at radius 3 is 2.93 bits per heavy atom. The van der Waals surface area contributed by atoms with E-state index in [0.29, 0.717) is 6.54 Å². The van der Waals surface area contributed by atoms with Gasteiger partial charge in [-0.15, -0.1) is 0 Å². The quantitative estimate of drug-likeness (QED) is 0.613. The van der Waals surface area contributed by atoms with Crippen molar-refractivity contribution in [1.29, 1.82) is 5.41 Å². The molecule has 78 valence electrons. The molecule has 14 heavy (non-hydrogen) atoms. The smallest absolute Gasteiger partial charge is 0.242 e. The molecule has 0 aromatic carbocycles. The summed E-state index contributed by atoms with van der Waals surface area (Å²) in [4.78, 5) is 23.8. The fraction of sp³-hybridized carbons (Fsp3) is 0.667. The molecule has 1 rings (SSSR count). The van der Waals surface area contributed by atoms with E-state index in [1.807, 2.05) is 0 Å². The molecule has 1 saturated heterocycles. The Bertz CT molecular complexity index is 252. The van der Waals surface area contributed by atoms with Crippen LogP contribution in [0, 0.1) is 5.41 Å². The average Bonchev–Trinajstić information content (AvgIpc) is 2.61. The molecule has 0 aliphatic carbocycles. The van der Waals surface area contributed by atoms with Crippen molar-refractivity contribution in [2.75, 3.05) is 13.1 Å². The molecule has 1 aliphatic rings.